The van der Waals surface area contributed by atoms with Crippen LogP contribution < -0.4 is 14.4 Å². The molecule has 0 spiro atoms. The number of aromatic nitrogens is 2. The zero-order valence-electron chi connectivity index (χ0n) is 13.5. The van der Waals surface area contributed by atoms with E-state index in [1.807, 2.05) is 12.1 Å². The molecule has 2 aromatic rings. The molecule has 1 aliphatic heterocycles. The highest BCUT2D eigenvalue weighted by atomic mass is 16.5. The summed E-state index contributed by atoms with van der Waals surface area (Å²) in [6.45, 7) is 4.51. The molecular weight excluding hydrogens is 296 g/mol. The van der Waals surface area contributed by atoms with Crippen molar-refractivity contribution in [2.45, 2.75) is 0 Å². The molecule has 7 nitrogen and oxygen atoms in total. The lowest BCUT2D eigenvalue weighted by Crippen LogP contribution is -2.47. The third-order valence-electron chi connectivity index (χ3n) is 4.22. The summed E-state index contributed by atoms with van der Waals surface area (Å²) >= 11 is 0. The Balaban J connectivity index is 1.93. The van der Waals surface area contributed by atoms with Crippen LogP contribution in [0.3, 0.4) is 0 Å². The molecule has 0 amide bonds. The highest BCUT2D eigenvalue weighted by Crippen LogP contribution is 2.37. The van der Waals surface area contributed by atoms with Gasteiger partial charge in [0.2, 0.25) is 0 Å². The SMILES string of the molecule is COc1ccc2c(N3CCN(CCO)CC3)ncnc2c1OC. The van der Waals surface area contributed by atoms with Gasteiger partial charge >= 0.3 is 0 Å². The van der Waals surface area contributed by atoms with Gasteiger partial charge in [-0.25, -0.2) is 9.97 Å². The number of hydrogen-bond donors (Lipinski definition) is 1. The molecule has 0 saturated carbocycles. The van der Waals surface area contributed by atoms with Crippen molar-refractivity contribution in [2.24, 2.45) is 0 Å². The Morgan fingerprint density at radius 1 is 1.09 bits per heavy atom. The topological polar surface area (TPSA) is 71.0 Å². The first kappa shape index (κ1) is 15.8. The van der Waals surface area contributed by atoms with E-state index in [1.165, 1.54) is 0 Å². The molecule has 0 unspecified atom stereocenters. The molecule has 1 aromatic heterocycles. The van der Waals surface area contributed by atoms with Crippen LogP contribution in [0.15, 0.2) is 18.5 Å². The zero-order valence-corrected chi connectivity index (χ0v) is 13.5. The number of nitrogens with zero attached hydrogens (tertiary/aromatic N) is 4. The number of aliphatic hydroxyl groups excluding tert-OH is 1. The monoisotopic (exact) mass is 318 g/mol. The van der Waals surface area contributed by atoms with E-state index in [4.69, 9.17) is 14.6 Å². The number of β-amino-alcohol motifs (C(OH)–C–C–N with tert-alkyl or cyclic N) is 1. The Kier molecular flexibility index (Phi) is 4.78. The quantitative estimate of drug-likeness (QED) is 0.872. The summed E-state index contributed by atoms with van der Waals surface area (Å²) in [5.41, 5.74) is 0.759. The Labute approximate surface area is 135 Å². The lowest BCUT2D eigenvalue weighted by Gasteiger charge is -2.35. The minimum atomic E-state index is 0.202. The van der Waals surface area contributed by atoms with Gasteiger partial charge in [0.05, 0.1) is 20.8 Å². The largest absolute Gasteiger partial charge is 0.493 e. The van der Waals surface area contributed by atoms with Crippen molar-refractivity contribution in [3.05, 3.63) is 18.5 Å². The van der Waals surface area contributed by atoms with E-state index in [-0.39, 0.29) is 6.61 Å². The molecular formula is C16H22N4O3. The van der Waals surface area contributed by atoms with E-state index in [9.17, 15) is 0 Å². The lowest BCUT2D eigenvalue weighted by atomic mass is 10.2. The van der Waals surface area contributed by atoms with Crippen molar-refractivity contribution in [3.8, 4) is 11.5 Å². The van der Waals surface area contributed by atoms with Gasteiger partial charge in [0.1, 0.15) is 17.7 Å². The van der Waals surface area contributed by atoms with Crippen molar-refractivity contribution in [3.63, 3.8) is 0 Å². The Bertz CT molecular complexity index is 672. The van der Waals surface area contributed by atoms with Crippen LogP contribution >= 0.6 is 0 Å². The van der Waals surface area contributed by atoms with Crippen LogP contribution in [-0.4, -0.2) is 73.5 Å². The van der Waals surface area contributed by atoms with Crippen LogP contribution in [0.4, 0.5) is 5.82 Å². The summed E-state index contributed by atoms with van der Waals surface area (Å²) in [6.07, 6.45) is 1.57. The summed E-state index contributed by atoms with van der Waals surface area (Å²) < 4.78 is 10.8. The van der Waals surface area contributed by atoms with E-state index in [1.54, 1.807) is 20.5 Å². The van der Waals surface area contributed by atoms with Gasteiger partial charge in [0.15, 0.2) is 11.5 Å². The van der Waals surface area contributed by atoms with Gasteiger partial charge in [-0.05, 0) is 12.1 Å². The third-order valence-corrected chi connectivity index (χ3v) is 4.22. The molecule has 1 aliphatic rings. The number of hydrogen-bond acceptors (Lipinski definition) is 7. The van der Waals surface area contributed by atoms with Crippen LogP contribution in [0.1, 0.15) is 0 Å². The number of anilines is 1. The summed E-state index contributed by atoms with van der Waals surface area (Å²) in [4.78, 5) is 13.4. The van der Waals surface area contributed by atoms with Gasteiger partial charge in [-0.15, -0.1) is 0 Å². The second-order valence-electron chi connectivity index (χ2n) is 5.45. The minimum absolute atomic E-state index is 0.202. The van der Waals surface area contributed by atoms with Gasteiger partial charge in [-0.1, -0.05) is 0 Å². The molecule has 3 rings (SSSR count). The number of methoxy groups -OCH3 is 2. The maximum Gasteiger partial charge on any atom is 0.187 e. The summed E-state index contributed by atoms with van der Waals surface area (Å²) in [5.74, 6) is 2.21. The number of fused-ring (bicyclic) bond motifs is 1. The Morgan fingerprint density at radius 2 is 1.87 bits per heavy atom. The molecule has 0 aliphatic carbocycles. The Hall–Kier alpha value is -2.12. The standard InChI is InChI=1S/C16H22N4O3/c1-22-13-4-3-12-14(15(13)23-2)17-11-18-16(12)20-7-5-19(6-8-20)9-10-21/h3-4,11,21H,5-10H2,1-2H3. The fraction of sp³-hybridized carbons (Fsp3) is 0.500. The first-order valence-electron chi connectivity index (χ1n) is 7.72. The van der Waals surface area contributed by atoms with Gasteiger partial charge in [0.25, 0.3) is 0 Å². The van der Waals surface area contributed by atoms with Crippen LogP contribution in [0.25, 0.3) is 10.9 Å². The van der Waals surface area contributed by atoms with Gasteiger partial charge in [-0.2, -0.15) is 0 Å². The summed E-state index contributed by atoms with van der Waals surface area (Å²) in [6, 6.07) is 3.86. The number of rotatable bonds is 5. The summed E-state index contributed by atoms with van der Waals surface area (Å²) in [5, 5.41) is 10.0. The molecule has 0 bridgehead atoms. The van der Waals surface area contributed by atoms with Gasteiger partial charge < -0.3 is 19.5 Å². The highest BCUT2D eigenvalue weighted by molar-refractivity contribution is 5.95. The number of aliphatic hydroxyl groups is 1. The van der Waals surface area contributed by atoms with Crippen LogP contribution in [-0.2, 0) is 0 Å². The fourth-order valence-electron chi connectivity index (χ4n) is 3.01. The molecule has 124 valence electrons. The molecule has 2 heterocycles. The maximum atomic E-state index is 9.05. The van der Waals surface area contributed by atoms with Gasteiger partial charge in [0, 0.05) is 38.1 Å². The highest BCUT2D eigenvalue weighted by Gasteiger charge is 2.21. The first-order chi connectivity index (χ1) is 11.3. The van der Waals surface area contributed by atoms with E-state index < -0.39 is 0 Å². The normalized spacial score (nSPS) is 15.9. The second kappa shape index (κ2) is 6.97. The van der Waals surface area contributed by atoms with Crippen molar-refractivity contribution >= 4 is 16.7 Å². The Morgan fingerprint density at radius 3 is 2.52 bits per heavy atom. The van der Waals surface area contributed by atoms with Crippen molar-refractivity contribution in [1.82, 2.24) is 14.9 Å². The molecule has 7 heteroatoms. The van der Waals surface area contributed by atoms with Gasteiger partial charge in [-0.3, -0.25) is 4.90 Å². The average molecular weight is 318 g/mol. The lowest BCUT2D eigenvalue weighted by molar-refractivity contribution is 0.188. The van der Waals surface area contributed by atoms with Crippen molar-refractivity contribution in [2.75, 3.05) is 58.5 Å². The molecule has 1 N–H and O–H groups in total. The molecule has 1 saturated heterocycles. The maximum absolute atomic E-state index is 9.05. The number of piperazine rings is 1. The predicted octanol–water partition coefficient (Wildman–Crippen LogP) is 0.761. The number of ether oxygens (including phenoxy) is 2. The van der Waals surface area contributed by atoms with E-state index >= 15 is 0 Å². The van der Waals surface area contributed by atoms with Crippen LogP contribution in [0, 0.1) is 0 Å². The average Bonchev–Trinajstić information content (AvgIpc) is 2.61. The first-order valence-corrected chi connectivity index (χ1v) is 7.72. The summed E-state index contributed by atoms with van der Waals surface area (Å²) in [7, 11) is 3.24. The molecule has 23 heavy (non-hydrogen) atoms. The predicted molar refractivity (Wildman–Crippen MR) is 88.4 cm³/mol. The van der Waals surface area contributed by atoms with E-state index in [2.05, 4.69) is 19.8 Å². The molecule has 1 fully saturated rings. The smallest absolute Gasteiger partial charge is 0.187 e. The van der Waals surface area contributed by atoms with Crippen molar-refractivity contribution in [1.29, 1.82) is 0 Å². The number of benzene rings is 1. The third kappa shape index (κ3) is 3.02. The second-order valence-corrected chi connectivity index (χ2v) is 5.45. The van der Waals surface area contributed by atoms with Crippen molar-refractivity contribution < 1.29 is 14.6 Å². The minimum Gasteiger partial charge on any atom is -0.493 e. The van der Waals surface area contributed by atoms with E-state index in [0.717, 1.165) is 49.4 Å². The fourth-order valence-corrected chi connectivity index (χ4v) is 3.01. The van der Waals surface area contributed by atoms with Crippen LogP contribution in [0.5, 0.6) is 11.5 Å². The van der Waals surface area contributed by atoms with E-state index in [0.29, 0.717) is 11.5 Å². The molecule has 0 atom stereocenters. The van der Waals surface area contributed by atoms with Crippen LogP contribution in [0.2, 0.25) is 0 Å². The molecule has 0 radical (unpaired) electrons. The zero-order chi connectivity index (χ0) is 16.2. The molecule has 1 aromatic carbocycles.